The van der Waals surface area contributed by atoms with Gasteiger partial charge in [-0.2, -0.15) is 0 Å². The van der Waals surface area contributed by atoms with E-state index in [0.29, 0.717) is 5.92 Å². The minimum Gasteiger partial charge on any atom is -0.389 e. The molecule has 2 saturated carbocycles. The summed E-state index contributed by atoms with van der Waals surface area (Å²) in [4.78, 5) is 0. The zero-order chi connectivity index (χ0) is 12.4. The molecule has 17 heavy (non-hydrogen) atoms. The summed E-state index contributed by atoms with van der Waals surface area (Å²) in [6, 6.07) is 0. The molecule has 0 spiro atoms. The summed E-state index contributed by atoms with van der Waals surface area (Å²) in [6.07, 6.45) is 7.82. The first-order chi connectivity index (χ1) is 7.99. The Morgan fingerprint density at radius 2 is 1.71 bits per heavy atom. The van der Waals surface area contributed by atoms with Crippen LogP contribution in [0.2, 0.25) is 0 Å². The Kier molecular flexibility index (Phi) is 4.10. The maximum Gasteiger partial charge on any atom is 0.211 e. The number of aliphatic hydroxyl groups is 1. The molecule has 0 aliphatic heterocycles. The molecule has 0 aromatic rings. The smallest absolute Gasteiger partial charge is 0.211 e. The molecule has 2 aliphatic carbocycles. The second-order valence-corrected chi connectivity index (χ2v) is 7.54. The molecule has 0 saturated heterocycles. The molecule has 0 atom stereocenters. The molecule has 0 amide bonds. The van der Waals surface area contributed by atoms with E-state index in [0.717, 1.165) is 51.4 Å². The highest BCUT2D eigenvalue weighted by Crippen LogP contribution is 2.29. The predicted molar refractivity (Wildman–Crippen MR) is 67.2 cm³/mol. The summed E-state index contributed by atoms with van der Waals surface area (Å²) < 4.78 is 26.3. The van der Waals surface area contributed by atoms with Crippen LogP contribution in [-0.4, -0.2) is 31.4 Å². The largest absolute Gasteiger partial charge is 0.389 e. The number of rotatable bonds is 5. The molecule has 0 aromatic carbocycles. The number of sulfonamides is 1. The SMILES string of the molecule is O=S(=O)(CC1CCCC1)NCC1(O)CCCC1. The lowest BCUT2D eigenvalue weighted by Gasteiger charge is -2.22. The molecular weight excluding hydrogens is 238 g/mol. The lowest BCUT2D eigenvalue weighted by molar-refractivity contribution is 0.0531. The van der Waals surface area contributed by atoms with E-state index in [1.165, 1.54) is 0 Å². The fraction of sp³-hybridized carbons (Fsp3) is 1.00. The van der Waals surface area contributed by atoms with E-state index in [2.05, 4.69) is 4.72 Å². The molecule has 0 radical (unpaired) electrons. The molecule has 0 unspecified atom stereocenters. The first-order valence-corrected chi connectivity index (χ1v) is 8.34. The number of hydrogen-bond donors (Lipinski definition) is 2. The van der Waals surface area contributed by atoms with Crippen LogP contribution in [-0.2, 0) is 10.0 Å². The maximum absolute atomic E-state index is 11.9. The van der Waals surface area contributed by atoms with Crippen LogP contribution in [0, 0.1) is 5.92 Å². The molecular formula is C12H23NO3S. The van der Waals surface area contributed by atoms with Gasteiger partial charge in [0.1, 0.15) is 0 Å². The van der Waals surface area contributed by atoms with Crippen LogP contribution in [0.4, 0.5) is 0 Å². The van der Waals surface area contributed by atoms with Crippen LogP contribution in [0.1, 0.15) is 51.4 Å². The van der Waals surface area contributed by atoms with Crippen molar-refractivity contribution in [1.82, 2.24) is 4.72 Å². The van der Waals surface area contributed by atoms with Crippen molar-refractivity contribution in [3.63, 3.8) is 0 Å². The zero-order valence-electron chi connectivity index (χ0n) is 10.3. The molecule has 2 N–H and O–H groups in total. The lowest BCUT2D eigenvalue weighted by Crippen LogP contribution is -2.42. The van der Waals surface area contributed by atoms with Gasteiger partial charge in [0.15, 0.2) is 0 Å². The molecule has 0 bridgehead atoms. The average Bonchev–Trinajstić information content (AvgIpc) is 2.88. The Hall–Kier alpha value is -0.130. The van der Waals surface area contributed by atoms with Crippen LogP contribution in [0.15, 0.2) is 0 Å². The van der Waals surface area contributed by atoms with Crippen molar-refractivity contribution in [1.29, 1.82) is 0 Å². The Morgan fingerprint density at radius 3 is 2.29 bits per heavy atom. The fourth-order valence-electron chi connectivity index (χ4n) is 3.00. The summed E-state index contributed by atoms with van der Waals surface area (Å²) in [7, 11) is -3.20. The van der Waals surface area contributed by atoms with Crippen molar-refractivity contribution in [2.45, 2.75) is 57.0 Å². The van der Waals surface area contributed by atoms with Gasteiger partial charge in [0.05, 0.1) is 11.4 Å². The first kappa shape index (κ1) is 13.3. The highest BCUT2D eigenvalue weighted by atomic mass is 32.2. The molecule has 5 heteroatoms. The van der Waals surface area contributed by atoms with Crippen molar-refractivity contribution in [3.8, 4) is 0 Å². The van der Waals surface area contributed by atoms with Gasteiger partial charge in [-0.1, -0.05) is 25.7 Å². The van der Waals surface area contributed by atoms with Crippen LogP contribution in [0.5, 0.6) is 0 Å². The highest BCUT2D eigenvalue weighted by Gasteiger charge is 2.32. The van der Waals surface area contributed by atoms with Gasteiger partial charge in [0.25, 0.3) is 0 Å². The monoisotopic (exact) mass is 261 g/mol. The van der Waals surface area contributed by atoms with Crippen LogP contribution in [0.3, 0.4) is 0 Å². The van der Waals surface area contributed by atoms with E-state index < -0.39 is 15.6 Å². The van der Waals surface area contributed by atoms with E-state index in [4.69, 9.17) is 0 Å². The average molecular weight is 261 g/mol. The van der Waals surface area contributed by atoms with Gasteiger partial charge in [0, 0.05) is 6.54 Å². The minimum atomic E-state index is -3.20. The molecule has 100 valence electrons. The minimum absolute atomic E-state index is 0.196. The van der Waals surface area contributed by atoms with Crippen LogP contribution in [0.25, 0.3) is 0 Å². The van der Waals surface area contributed by atoms with Crippen molar-refractivity contribution >= 4 is 10.0 Å². The van der Waals surface area contributed by atoms with E-state index in [9.17, 15) is 13.5 Å². The Bertz CT molecular complexity index is 341. The molecule has 0 aromatic heterocycles. The van der Waals surface area contributed by atoms with Crippen molar-refractivity contribution < 1.29 is 13.5 Å². The number of hydrogen-bond acceptors (Lipinski definition) is 3. The van der Waals surface area contributed by atoms with Crippen LogP contribution < -0.4 is 4.72 Å². The van der Waals surface area contributed by atoms with Crippen molar-refractivity contribution in [3.05, 3.63) is 0 Å². The standard InChI is InChI=1S/C12H23NO3S/c14-12(7-3-4-8-12)10-13-17(15,16)9-11-5-1-2-6-11/h11,13-14H,1-10H2. The van der Waals surface area contributed by atoms with Crippen LogP contribution >= 0.6 is 0 Å². The quantitative estimate of drug-likeness (QED) is 0.786. The molecule has 2 fully saturated rings. The second-order valence-electron chi connectivity index (χ2n) is 5.68. The fourth-order valence-corrected chi connectivity index (χ4v) is 4.56. The summed E-state index contributed by atoms with van der Waals surface area (Å²) in [6.45, 7) is 0.196. The van der Waals surface area contributed by atoms with Gasteiger partial charge in [-0.3, -0.25) is 0 Å². The molecule has 4 nitrogen and oxygen atoms in total. The van der Waals surface area contributed by atoms with E-state index in [1.54, 1.807) is 0 Å². The van der Waals surface area contributed by atoms with Gasteiger partial charge < -0.3 is 5.11 Å². The summed E-state index contributed by atoms with van der Waals surface area (Å²) in [5.41, 5.74) is -0.789. The van der Waals surface area contributed by atoms with Gasteiger partial charge in [-0.05, 0) is 31.6 Å². The molecule has 2 aliphatic rings. The molecule has 0 heterocycles. The third kappa shape index (κ3) is 3.93. The Balaban J connectivity index is 1.80. The number of nitrogens with one attached hydrogen (secondary N) is 1. The van der Waals surface area contributed by atoms with Crippen molar-refractivity contribution in [2.75, 3.05) is 12.3 Å². The second kappa shape index (κ2) is 5.24. The Labute approximate surface area is 104 Å². The highest BCUT2D eigenvalue weighted by molar-refractivity contribution is 7.89. The zero-order valence-corrected chi connectivity index (χ0v) is 11.1. The predicted octanol–water partition coefficient (Wildman–Crippen LogP) is 1.40. The lowest BCUT2D eigenvalue weighted by atomic mass is 10.0. The first-order valence-electron chi connectivity index (χ1n) is 6.69. The summed E-state index contributed by atoms with van der Waals surface area (Å²) in [5.74, 6) is 0.564. The summed E-state index contributed by atoms with van der Waals surface area (Å²) >= 11 is 0. The van der Waals surface area contributed by atoms with E-state index in [1.807, 2.05) is 0 Å². The third-order valence-electron chi connectivity index (χ3n) is 4.09. The summed E-state index contributed by atoms with van der Waals surface area (Å²) in [5, 5.41) is 10.1. The van der Waals surface area contributed by atoms with Gasteiger partial charge in [-0.25, -0.2) is 13.1 Å². The van der Waals surface area contributed by atoms with Gasteiger partial charge in [-0.15, -0.1) is 0 Å². The third-order valence-corrected chi connectivity index (χ3v) is 5.58. The maximum atomic E-state index is 11.9. The van der Waals surface area contributed by atoms with E-state index >= 15 is 0 Å². The van der Waals surface area contributed by atoms with E-state index in [-0.39, 0.29) is 12.3 Å². The molecule has 2 rings (SSSR count). The Morgan fingerprint density at radius 1 is 1.12 bits per heavy atom. The topological polar surface area (TPSA) is 66.4 Å². The van der Waals surface area contributed by atoms with Crippen molar-refractivity contribution in [2.24, 2.45) is 5.92 Å². The van der Waals surface area contributed by atoms with Gasteiger partial charge >= 0.3 is 0 Å². The normalized spacial score (nSPS) is 25.5. The van der Waals surface area contributed by atoms with Gasteiger partial charge in [0.2, 0.25) is 10.0 Å².